The van der Waals surface area contributed by atoms with Gasteiger partial charge < -0.3 is 0 Å². The van der Waals surface area contributed by atoms with Gasteiger partial charge in [-0.1, -0.05) is 0 Å². The van der Waals surface area contributed by atoms with E-state index in [1.807, 2.05) is 0 Å². The molecule has 0 aromatic carbocycles. The molecule has 1 aromatic heterocycles. The van der Waals surface area contributed by atoms with Crippen molar-refractivity contribution in [3.05, 3.63) is 18.0 Å². The third-order valence-electron chi connectivity index (χ3n) is 4.30. The molecule has 4 nitrogen and oxygen atoms in total. The first kappa shape index (κ1) is 14.4. The molecular formula is C14H17F3N4. The minimum atomic E-state index is -4.37. The van der Waals surface area contributed by atoms with Crippen molar-refractivity contribution in [2.24, 2.45) is 0 Å². The molecule has 7 heteroatoms. The van der Waals surface area contributed by atoms with Crippen LogP contribution in [0.1, 0.15) is 50.1 Å². The first-order chi connectivity index (χ1) is 9.92. The van der Waals surface area contributed by atoms with Crippen molar-refractivity contribution in [3.8, 4) is 6.07 Å². The molecule has 0 bridgehead atoms. The Bertz CT molecular complexity index is 555. The zero-order valence-corrected chi connectivity index (χ0v) is 11.5. The molecule has 3 rings (SSSR count). The van der Waals surface area contributed by atoms with Crippen LogP contribution in [0.4, 0.5) is 13.2 Å². The highest BCUT2D eigenvalue weighted by atomic mass is 19.4. The van der Waals surface area contributed by atoms with E-state index in [0.717, 1.165) is 44.5 Å². The SMILES string of the molecule is N#CC1(NC2CC2)CCCC(n2cc(C(F)(F)F)cn2)C1. The molecule has 21 heavy (non-hydrogen) atoms. The van der Waals surface area contributed by atoms with E-state index < -0.39 is 17.3 Å². The molecule has 114 valence electrons. The van der Waals surface area contributed by atoms with Crippen molar-refractivity contribution in [1.29, 1.82) is 5.26 Å². The average Bonchev–Trinajstić information content (AvgIpc) is 3.08. The number of hydrogen-bond acceptors (Lipinski definition) is 3. The van der Waals surface area contributed by atoms with Gasteiger partial charge in [0.15, 0.2) is 0 Å². The van der Waals surface area contributed by atoms with Gasteiger partial charge in [-0.05, 0) is 32.1 Å². The predicted molar refractivity (Wildman–Crippen MR) is 69.2 cm³/mol. The number of nitriles is 1. The van der Waals surface area contributed by atoms with E-state index in [2.05, 4.69) is 16.5 Å². The van der Waals surface area contributed by atoms with Crippen LogP contribution >= 0.6 is 0 Å². The summed E-state index contributed by atoms with van der Waals surface area (Å²) in [5, 5.41) is 16.7. The second-order valence-electron chi connectivity index (χ2n) is 6.07. The fourth-order valence-corrected chi connectivity index (χ4v) is 3.04. The van der Waals surface area contributed by atoms with E-state index in [1.165, 1.54) is 4.68 Å². The lowest BCUT2D eigenvalue weighted by Crippen LogP contribution is -2.49. The number of nitrogens with one attached hydrogen (secondary N) is 1. The van der Waals surface area contributed by atoms with Crippen molar-refractivity contribution in [3.63, 3.8) is 0 Å². The Labute approximate surface area is 120 Å². The highest BCUT2D eigenvalue weighted by Crippen LogP contribution is 2.38. The Hall–Kier alpha value is -1.55. The van der Waals surface area contributed by atoms with Crippen LogP contribution in [-0.4, -0.2) is 21.4 Å². The molecule has 0 radical (unpaired) electrons. The Balaban J connectivity index is 1.76. The summed E-state index contributed by atoms with van der Waals surface area (Å²) < 4.78 is 39.3. The van der Waals surface area contributed by atoms with Crippen LogP contribution < -0.4 is 5.32 Å². The van der Waals surface area contributed by atoms with Gasteiger partial charge in [-0.2, -0.15) is 23.5 Å². The van der Waals surface area contributed by atoms with Gasteiger partial charge in [-0.15, -0.1) is 0 Å². The summed E-state index contributed by atoms with van der Waals surface area (Å²) in [4.78, 5) is 0. The average molecular weight is 298 g/mol. The Morgan fingerprint density at radius 1 is 1.38 bits per heavy atom. The Morgan fingerprint density at radius 2 is 2.14 bits per heavy atom. The summed E-state index contributed by atoms with van der Waals surface area (Å²) in [5.74, 6) is 0. The third-order valence-corrected chi connectivity index (χ3v) is 4.30. The molecule has 2 aliphatic carbocycles. The van der Waals surface area contributed by atoms with Crippen LogP contribution in [0.3, 0.4) is 0 Å². The molecule has 0 saturated heterocycles. The first-order valence-electron chi connectivity index (χ1n) is 7.22. The van der Waals surface area contributed by atoms with Crippen molar-refractivity contribution < 1.29 is 13.2 Å². The number of nitrogens with zero attached hydrogens (tertiary/aromatic N) is 3. The van der Waals surface area contributed by atoms with Gasteiger partial charge in [-0.25, -0.2) is 0 Å². The molecule has 1 aromatic rings. The highest BCUT2D eigenvalue weighted by molar-refractivity contribution is 5.14. The number of hydrogen-bond donors (Lipinski definition) is 1. The van der Waals surface area contributed by atoms with Crippen LogP contribution in [-0.2, 0) is 6.18 Å². The minimum Gasteiger partial charge on any atom is -0.297 e. The van der Waals surface area contributed by atoms with E-state index in [0.29, 0.717) is 12.5 Å². The lowest BCUT2D eigenvalue weighted by molar-refractivity contribution is -0.137. The molecule has 2 saturated carbocycles. The highest BCUT2D eigenvalue weighted by Gasteiger charge is 2.41. The molecule has 0 spiro atoms. The summed E-state index contributed by atoms with van der Waals surface area (Å²) in [7, 11) is 0. The zero-order chi connectivity index (χ0) is 15.1. The second-order valence-corrected chi connectivity index (χ2v) is 6.07. The quantitative estimate of drug-likeness (QED) is 0.933. The van der Waals surface area contributed by atoms with Crippen LogP contribution in [0.5, 0.6) is 0 Å². The number of aromatic nitrogens is 2. The standard InChI is InChI=1S/C14H17F3N4/c15-14(16,17)10-7-19-21(8-10)12-2-1-5-13(6-12,9-18)20-11-3-4-11/h7-8,11-12,20H,1-6H2. The van der Waals surface area contributed by atoms with Gasteiger partial charge in [0.25, 0.3) is 0 Å². The van der Waals surface area contributed by atoms with Crippen molar-refractivity contribution in [2.75, 3.05) is 0 Å². The fraction of sp³-hybridized carbons (Fsp3) is 0.714. The van der Waals surface area contributed by atoms with Crippen LogP contribution in [0.15, 0.2) is 12.4 Å². The van der Waals surface area contributed by atoms with E-state index >= 15 is 0 Å². The monoisotopic (exact) mass is 298 g/mol. The minimum absolute atomic E-state index is 0.152. The Morgan fingerprint density at radius 3 is 2.71 bits per heavy atom. The molecule has 1 heterocycles. The normalized spacial score (nSPS) is 30.1. The molecule has 2 atom stereocenters. The van der Waals surface area contributed by atoms with Gasteiger partial charge in [0.2, 0.25) is 0 Å². The second kappa shape index (κ2) is 5.02. The molecular weight excluding hydrogens is 281 g/mol. The van der Waals surface area contributed by atoms with E-state index in [-0.39, 0.29) is 6.04 Å². The van der Waals surface area contributed by atoms with E-state index in [1.54, 1.807) is 0 Å². The van der Waals surface area contributed by atoms with Crippen LogP contribution in [0, 0.1) is 11.3 Å². The van der Waals surface area contributed by atoms with Gasteiger partial charge >= 0.3 is 6.18 Å². The number of alkyl halides is 3. The lowest BCUT2D eigenvalue weighted by Gasteiger charge is -2.36. The summed E-state index contributed by atoms with van der Waals surface area (Å²) in [6.07, 6.45) is 2.54. The molecule has 1 N–H and O–H groups in total. The fourth-order valence-electron chi connectivity index (χ4n) is 3.04. The van der Waals surface area contributed by atoms with E-state index in [9.17, 15) is 18.4 Å². The maximum Gasteiger partial charge on any atom is 0.419 e. The molecule has 2 aliphatic rings. The lowest BCUT2D eigenvalue weighted by atomic mass is 9.80. The molecule has 2 unspecified atom stereocenters. The summed E-state index contributed by atoms with van der Waals surface area (Å²) in [6, 6.07) is 2.59. The number of rotatable bonds is 3. The summed E-state index contributed by atoms with van der Waals surface area (Å²) >= 11 is 0. The van der Waals surface area contributed by atoms with Gasteiger partial charge in [-0.3, -0.25) is 10.00 Å². The molecule has 0 amide bonds. The Kier molecular flexibility index (Phi) is 3.44. The third kappa shape index (κ3) is 3.05. The van der Waals surface area contributed by atoms with Crippen molar-refractivity contribution in [2.45, 2.75) is 62.3 Å². The zero-order valence-electron chi connectivity index (χ0n) is 11.5. The smallest absolute Gasteiger partial charge is 0.297 e. The van der Waals surface area contributed by atoms with Crippen molar-refractivity contribution >= 4 is 0 Å². The predicted octanol–water partition coefficient (Wildman–Crippen LogP) is 3.03. The maximum absolute atomic E-state index is 12.6. The number of halogens is 3. The van der Waals surface area contributed by atoms with Crippen LogP contribution in [0.2, 0.25) is 0 Å². The molecule has 0 aliphatic heterocycles. The topological polar surface area (TPSA) is 53.6 Å². The van der Waals surface area contributed by atoms with Gasteiger partial charge in [0, 0.05) is 18.7 Å². The maximum atomic E-state index is 12.6. The van der Waals surface area contributed by atoms with Gasteiger partial charge in [0.1, 0.15) is 5.54 Å². The van der Waals surface area contributed by atoms with E-state index in [4.69, 9.17) is 0 Å². The van der Waals surface area contributed by atoms with Crippen molar-refractivity contribution in [1.82, 2.24) is 15.1 Å². The van der Waals surface area contributed by atoms with Crippen LogP contribution in [0.25, 0.3) is 0 Å². The first-order valence-corrected chi connectivity index (χ1v) is 7.22. The van der Waals surface area contributed by atoms with Gasteiger partial charge in [0.05, 0.1) is 23.9 Å². The summed E-state index contributed by atoms with van der Waals surface area (Å²) in [5.41, 5.74) is -1.35. The summed E-state index contributed by atoms with van der Waals surface area (Å²) in [6.45, 7) is 0. The molecule has 2 fully saturated rings. The largest absolute Gasteiger partial charge is 0.419 e.